The summed E-state index contributed by atoms with van der Waals surface area (Å²) in [5.74, 6) is -0.363. The van der Waals surface area contributed by atoms with E-state index in [1.165, 1.54) is 7.11 Å². The number of urea groups is 1. The third kappa shape index (κ3) is 3.64. The van der Waals surface area contributed by atoms with Crippen LogP contribution in [0.25, 0.3) is 0 Å². The third-order valence-corrected chi connectivity index (χ3v) is 4.04. The standard InChI is InChI=1S/C16H19BrN2O5/c1-7(2)24-15(21)12-8(3)18-16(22)19-13(12)9-5-10(17)14(20)11(6-9)23-4/h5-7,13,20H,1-4H3,(H2,18,19,22). The van der Waals surface area contributed by atoms with Gasteiger partial charge in [-0.2, -0.15) is 0 Å². The van der Waals surface area contributed by atoms with Crippen LogP contribution >= 0.6 is 15.9 Å². The number of allylic oxidation sites excluding steroid dienone is 1. The maximum absolute atomic E-state index is 12.5. The molecule has 130 valence electrons. The van der Waals surface area contributed by atoms with E-state index < -0.39 is 18.0 Å². The predicted octanol–water partition coefficient (Wildman–Crippen LogP) is 2.74. The number of phenols is 1. The van der Waals surface area contributed by atoms with Crippen molar-refractivity contribution in [3.8, 4) is 11.5 Å². The molecule has 1 unspecified atom stereocenters. The summed E-state index contributed by atoms with van der Waals surface area (Å²) >= 11 is 3.24. The highest BCUT2D eigenvalue weighted by molar-refractivity contribution is 9.10. The van der Waals surface area contributed by atoms with Gasteiger partial charge in [0.2, 0.25) is 0 Å². The number of benzene rings is 1. The molecule has 0 bridgehead atoms. The molecule has 1 aliphatic heterocycles. The van der Waals surface area contributed by atoms with Gasteiger partial charge in [-0.3, -0.25) is 0 Å². The second-order valence-electron chi connectivity index (χ2n) is 5.58. The summed E-state index contributed by atoms with van der Waals surface area (Å²) in [7, 11) is 1.42. The van der Waals surface area contributed by atoms with Gasteiger partial charge in [0.15, 0.2) is 11.5 Å². The quantitative estimate of drug-likeness (QED) is 0.677. The van der Waals surface area contributed by atoms with Crippen LogP contribution < -0.4 is 15.4 Å². The van der Waals surface area contributed by atoms with Crippen molar-refractivity contribution in [1.82, 2.24) is 10.6 Å². The monoisotopic (exact) mass is 398 g/mol. The molecule has 1 aliphatic rings. The summed E-state index contributed by atoms with van der Waals surface area (Å²) in [6.07, 6.45) is -0.294. The van der Waals surface area contributed by atoms with Gasteiger partial charge in [0.1, 0.15) is 0 Å². The lowest BCUT2D eigenvalue weighted by molar-refractivity contribution is -0.143. The smallest absolute Gasteiger partial charge is 0.338 e. The van der Waals surface area contributed by atoms with Gasteiger partial charge >= 0.3 is 12.0 Å². The fourth-order valence-corrected chi connectivity index (χ4v) is 2.87. The lowest BCUT2D eigenvalue weighted by Crippen LogP contribution is -2.45. The molecule has 0 saturated carbocycles. The highest BCUT2D eigenvalue weighted by atomic mass is 79.9. The fourth-order valence-electron chi connectivity index (χ4n) is 2.41. The molecule has 2 amide bonds. The van der Waals surface area contributed by atoms with Crippen molar-refractivity contribution in [2.45, 2.75) is 32.9 Å². The van der Waals surface area contributed by atoms with E-state index in [4.69, 9.17) is 9.47 Å². The summed E-state index contributed by atoms with van der Waals surface area (Å²) < 4.78 is 10.8. The number of carbonyl (C=O) groups is 2. The number of halogens is 1. The Labute approximate surface area is 148 Å². The zero-order valence-corrected chi connectivity index (χ0v) is 15.4. The van der Waals surface area contributed by atoms with Crippen molar-refractivity contribution >= 4 is 27.9 Å². The molecule has 0 fully saturated rings. The number of amides is 2. The predicted molar refractivity (Wildman–Crippen MR) is 90.7 cm³/mol. The Morgan fingerprint density at radius 3 is 2.62 bits per heavy atom. The van der Waals surface area contributed by atoms with Gasteiger partial charge in [0.25, 0.3) is 0 Å². The molecular formula is C16H19BrN2O5. The van der Waals surface area contributed by atoms with Gasteiger partial charge in [-0.25, -0.2) is 9.59 Å². The van der Waals surface area contributed by atoms with Crippen LogP contribution in [0.1, 0.15) is 32.4 Å². The molecule has 1 aromatic rings. The molecule has 0 aromatic heterocycles. The van der Waals surface area contributed by atoms with Crippen LogP contribution in [0, 0.1) is 0 Å². The van der Waals surface area contributed by atoms with E-state index in [1.807, 2.05) is 0 Å². The first-order valence-electron chi connectivity index (χ1n) is 7.30. The van der Waals surface area contributed by atoms with Crippen molar-refractivity contribution in [1.29, 1.82) is 0 Å². The molecular weight excluding hydrogens is 380 g/mol. The number of methoxy groups -OCH3 is 1. The first-order chi connectivity index (χ1) is 11.2. The molecule has 3 N–H and O–H groups in total. The third-order valence-electron chi connectivity index (χ3n) is 3.44. The summed E-state index contributed by atoms with van der Waals surface area (Å²) in [6.45, 7) is 5.13. The maximum atomic E-state index is 12.5. The fraction of sp³-hybridized carbons (Fsp3) is 0.375. The van der Waals surface area contributed by atoms with Crippen molar-refractivity contribution in [2.75, 3.05) is 7.11 Å². The molecule has 24 heavy (non-hydrogen) atoms. The van der Waals surface area contributed by atoms with Crippen molar-refractivity contribution in [3.63, 3.8) is 0 Å². The summed E-state index contributed by atoms with van der Waals surface area (Å²) in [5, 5.41) is 15.2. The highest BCUT2D eigenvalue weighted by Gasteiger charge is 2.33. The number of nitrogens with one attached hydrogen (secondary N) is 2. The van der Waals surface area contributed by atoms with Crippen molar-refractivity contribution in [3.05, 3.63) is 33.4 Å². The average Bonchev–Trinajstić information content (AvgIpc) is 2.48. The lowest BCUT2D eigenvalue weighted by Gasteiger charge is -2.29. The van der Waals surface area contributed by atoms with E-state index in [2.05, 4.69) is 26.6 Å². The Morgan fingerprint density at radius 1 is 1.38 bits per heavy atom. The van der Waals surface area contributed by atoms with Gasteiger partial charge in [-0.1, -0.05) is 0 Å². The molecule has 0 aliphatic carbocycles. The summed E-state index contributed by atoms with van der Waals surface area (Å²) in [4.78, 5) is 24.3. The van der Waals surface area contributed by atoms with Crippen LogP contribution in [0.15, 0.2) is 27.9 Å². The first kappa shape index (κ1) is 18.1. The zero-order valence-electron chi connectivity index (χ0n) is 13.8. The number of hydrogen-bond donors (Lipinski definition) is 3. The van der Waals surface area contributed by atoms with Crippen LogP contribution in [0.3, 0.4) is 0 Å². The molecule has 0 radical (unpaired) electrons. The van der Waals surface area contributed by atoms with Crippen LogP contribution in [-0.2, 0) is 9.53 Å². The molecule has 0 spiro atoms. The molecule has 1 aromatic carbocycles. The van der Waals surface area contributed by atoms with Crippen LogP contribution in [0.2, 0.25) is 0 Å². The molecule has 0 saturated heterocycles. The van der Waals surface area contributed by atoms with Gasteiger partial charge in [-0.05, 0) is 54.4 Å². The van der Waals surface area contributed by atoms with E-state index >= 15 is 0 Å². The van der Waals surface area contributed by atoms with E-state index in [0.717, 1.165) is 0 Å². The van der Waals surface area contributed by atoms with Crippen LogP contribution in [0.5, 0.6) is 11.5 Å². The average molecular weight is 399 g/mol. The largest absolute Gasteiger partial charge is 0.503 e. The van der Waals surface area contributed by atoms with E-state index in [0.29, 0.717) is 21.3 Å². The minimum atomic E-state index is -0.726. The van der Waals surface area contributed by atoms with Crippen LogP contribution in [0.4, 0.5) is 4.79 Å². The highest BCUT2D eigenvalue weighted by Crippen LogP contribution is 2.39. The van der Waals surface area contributed by atoms with Gasteiger partial charge < -0.3 is 25.2 Å². The molecule has 2 rings (SSSR count). The second-order valence-corrected chi connectivity index (χ2v) is 6.43. The van der Waals surface area contributed by atoms with Crippen molar-refractivity contribution < 1.29 is 24.2 Å². The molecule has 1 atom stereocenters. The number of esters is 1. The number of aromatic hydroxyl groups is 1. The second kappa shape index (κ2) is 7.12. The Kier molecular flexibility index (Phi) is 5.38. The molecule has 1 heterocycles. The van der Waals surface area contributed by atoms with E-state index in [1.54, 1.807) is 32.9 Å². The zero-order chi connectivity index (χ0) is 18.0. The Hall–Kier alpha value is -2.22. The topological polar surface area (TPSA) is 96.9 Å². The van der Waals surface area contributed by atoms with Gasteiger partial charge in [0.05, 0.1) is 29.3 Å². The maximum Gasteiger partial charge on any atom is 0.338 e. The Morgan fingerprint density at radius 2 is 2.04 bits per heavy atom. The van der Waals surface area contributed by atoms with E-state index in [9.17, 15) is 14.7 Å². The summed E-state index contributed by atoms with van der Waals surface area (Å²) in [6, 6.07) is 2.02. The molecule has 8 heteroatoms. The first-order valence-corrected chi connectivity index (χ1v) is 8.09. The number of phenolic OH excluding ortho intramolecular Hbond substituents is 1. The number of carbonyl (C=O) groups excluding carboxylic acids is 2. The van der Waals surface area contributed by atoms with Gasteiger partial charge in [-0.15, -0.1) is 0 Å². The van der Waals surface area contributed by atoms with Crippen LogP contribution in [-0.4, -0.2) is 30.3 Å². The normalized spacial score (nSPS) is 17.4. The molecule has 7 nitrogen and oxygen atoms in total. The Bertz CT molecular complexity index is 715. The number of hydrogen-bond acceptors (Lipinski definition) is 5. The van der Waals surface area contributed by atoms with Crippen molar-refractivity contribution in [2.24, 2.45) is 0 Å². The minimum Gasteiger partial charge on any atom is -0.503 e. The van der Waals surface area contributed by atoms with E-state index in [-0.39, 0.29) is 17.6 Å². The number of ether oxygens (including phenoxy) is 2. The minimum absolute atomic E-state index is 0.0616. The Balaban J connectivity index is 2.53. The van der Waals surface area contributed by atoms with Gasteiger partial charge in [0, 0.05) is 5.70 Å². The lowest BCUT2D eigenvalue weighted by atomic mass is 9.95. The SMILES string of the molecule is COc1cc(C2NC(=O)NC(C)=C2C(=O)OC(C)C)cc(Br)c1O. The summed E-state index contributed by atoms with van der Waals surface area (Å²) in [5.41, 5.74) is 1.28. The number of rotatable bonds is 4.